The van der Waals surface area contributed by atoms with Crippen LogP contribution < -0.4 is 15.4 Å². The Morgan fingerprint density at radius 1 is 0.765 bits per heavy atom. The van der Waals surface area contributed by atoms with E-state index in [2.05, 4.69) is 132 Å². The Morgan fingerprint density at radius 2 is 1.24 bits per heavy atom. The van der Waals surface area contributed by atoms with E-state index in [-0.39, 0.29) is 11.6 Å². The van der Waals surface area contributed by atoms with Crippen molar-refractivity contribution in [3.05, 3.63) is 84.0 Å². The van der Waals surface area contributed by atoms with Gasteiger partial charge in [0.1, 0.15) is 0 Å². The lowest BCUT2D eigenvalue weighted by Gasteiger charge is -2.46. The molecular weight excluding hydrogens is 447 g/mol. The number of allylic oxidation sites excluding steroid dienone is 3. The van der Waals surface area contributed by atoms with Gasteiger partial charge in [-0.2, -0.15) is 0 Å². The van der Waals surface area contributed by atoms with E-state index in [0.29, 0.717) is 17.4 Å². The fourth-order valence-corrected chi connectivity index (χ4v) is 13.0. The lowest BCUT2D eigenvalue weighted by atomic mass is 9.91. The van der Waals surface area contributed by atoms with Crippen molar-refractivity contribution in [2.75, 3.05) is 0 Å². The molecule has 2 aliphatic rings. The molecule has 2 aliphatic carbocycles. The van der Waals surface area contributed by atoms with Crippen LogP contribution in [0, 0.1) is 25.7 Å². The second-order valence-corrected chi connectivity index (χ2v) is 20.7. The second kappa shape index (κ2) is 9.38. The van der Waals surface area contributed by atoms with Gasteiger partial charge in [-0.15, -0.1) is 0 Å². The molecule has 182 valence electrons. The van der Waals surface area contributed by atoms with Crippen molar-refractivity contribution in [2.45, 2.75) is 77.9 Å². The number of aryl methyl sites for hydroxylation is 2. The van der Waals surface area contributed by atoms with Crippen LogP contribution in [0.15, 0.2) is 72.8 Å². The fourth-order valence-electron chi connectivity index (χ4n) is 6.08. The summed E-state index contributed by atoms with van der Waals surface area (Å²) in [5, 5.41) is 2.97. The van der Waals surface area contributed by atoms with Crippen LogP contribution in [0.5, 0.6) is 0 Å². The molecule has 0 aromatic heterocycles. The van der Waals surface area contributed by atoms with Crippen LogP contribution >= 0.6 is 0 Å². The van der Waals surface area contributed by atoms with E-state index in [1.165, 1.54) is 21.5 Å². The van der Waals surface area contributed by atoms with Crippen LogP contribution in [0.4, 0.5) is 0 Å². The van der Waals surface area contributed by atoms with Crippen LogP contribution in [0.25, 0.3) is 0 Å². The molecular formula is C30H43NOSi2. The maximum absolute atomic E-state index is 6.88. The highest BCUT2D eigenvalue weighted by Gasteiger charge is 2.56. The minimum Gasteiger partial charge on any atom is -0.414 e. The summed E-state index contributed by atoms with van der Waals surface area (Å²) in [7, 11) is -4.09. The number of hydrogen-bond donors (Lipinski definition) is 1. The molecule has 2 aromatic rings. The van der Waals surface area contributed by atoms with E-state index in [1.807, 2.05) is 0 Å². The van der Waals surface area contributed by atoms with Crippen LogP contribution in [-0.2, 0) is 4.43 Å². The monoisotopic (exact) mass is 489 g/mol. The SMILES string of the molecule is Cc1ccc([Si](NC(C)(C)C)(c2ccc(C)cc2)C2CC(O[Si](C)(C)C)C3C=CC=CC32)cc1. The predicted octanol–water partition coefficient (Wildman–Crippen LogP) is 6.10. The number of fused-ring (bicyclic) bond motifs is 1. The highest BCUT2D eigenvalue weighted by atomic mass is 28.4. The zero-order valence-electron chi connectivity index (χ0n) is 22.4. The molecule has 4 unspecified atom stereocenters. The zero-order chi connectivity index (χ0) is 24.7. The van der Waals surface area contributed by atoms with E-state index >= 15 is 0 Å². The van der Waals surface area contributed by atoms with E-state index in [0.717, 1.165) is 6.42 Å². The highest BCUT2D eigenvalue weighted by Crippen LogP contribution is 2.50. The fraction of sp³-hybridized carbons (Fsp3) is 0.467. The van der Waals surface area contributed by atoms with Crippen molar-refractivity contribution in [1.82, 2.24) is 4.98 Å². The maximum Gasteiger partial charge on any atom is 0.194 e. The van der Waals surface area contributed by atoms with Gasteiger partial charge in [-0.3, -0.25) is 0 Å². The number of hydrogen-bond acceptors (Lipinski definition) is 2. The Morgan fingerprint density at radius 3 is 1.68 bits per heavy atom. The summed E-state index contributed by atoms with van der Waals surface area (Å²) in [4.78, 5) is 4.34. The standard InChI is InChI=1S/C30H43NOSi2/c1-22-13-17-24(18-14-22)34(31-30(3,4)5,25-19-15-23(2)16-20-25)29-21-28(32-33(6,7)8)26-11-9-10-12-27(26)29/h9-20,26-29,31H,21H2,1-8H3. The first-order valence-corrected chi connectivity index (χ1v) is 18.3. The quantitative estimate of drug-likeness (QED) is 0.495. The summed E-state index contributed by atoms with van der Waals surface area (Å²) in [6, 6.07) is 18.8. The van der Waals surface area contributed by atoms with Gasteiger partial charge in [0.15, 0.2) is 16.6 Å². The zero-order valence-corrected chi connectivity index (χ0v) is 24.4. The van der Waals surface area contributed by atoms with Gasteiger partial charge in [-0.1, -0.05) is 84.0 Å². The molecule has 34 heavy (non-hydrogen) atoms. The summed E-state index contributed by atoms with van der Waals surface area (Å²) in [5.74, 6) is 0.932. The van der Waals surface area contributed by atoms with Gasteiger partial charge in [0.05, 0.1) is 6.10 Å². The average Bonchev–Trinajstić information content (AvgIpc) is 3.10. The highest BCUT2D eigenvalue weighted by molar-refractivity contribution is 7.01. The van der Waals surface area contributed by atoms with Crippen LogP contribution in [0.3, 0.4) is 0 Å². The van der Waals surface area contributed by atoms with Gasteiger partial charge in [0.2, 0.25) is 0 Å². The summed E-state index contributed by atoms with van der Waals surface area (Å²) < 4.78 is 6.88. The van der Waals surface area contributed by atoms with Crippen molar-refractivity contribution < 1.29 is 4.43 Å². The number of benzene rings is 2. The van der Waals surface area contributed by atoms with Crippen molar-refractivity contribution in [3.8, 4) is 0 Å². The van der Waals surface area contributed by atoms with Crippen LogP contribution in [0.1, 0.15) is 38.3 Å². The normalized spacial score (nSPS) is 24.9. The molecule has 0 bridgehead atoms. The largest absolute Gasteiger partial charge is 0.414 e. The Kier molecular flexibility index (Phi) is 7.00. The molecule has 2 nitrogen and oxygen atoms in total. The van der Waals surface area contributed by atoms with E-state index in [1.54, 1.807) is 0 Å². The van der Waals surface area contributed by atoms with Gasteiger partial charge in [-0.05, 0) is 82.5 Å². The molecule has 0 radical (unpaired) electrons. The van der Waals surface area contributed by atoms with Crippen molar-refractivity contribution in [3.63, 3.8) is 0 Å². The maximum atomic E-state index is 6.88. The van der Waals surface area contributed by atoms with Crippen LogP contribution in [-0.4, -0.2) is 28.2 Å². The predicted molar refractivity (Wildman–Crippen MR) is 152 cm³/mol. The first-order chi connectivity index (χ1) is 15.9. The molecule has 1 saturated carbocycles. The van der Waals surface area contributed by atoms with Crippen LogP contribution in [0.2, 0.25) is 25.2 Å². The smallest absolute Gasteiger partial charge is 0.194 e. The third-order valence-corrected chi connectivity index (χ3v) is 13.6. The number of rotatable bonds is 6. The molecule has 1 N–H and O–H groups in total. The minimum absolute atomic E-state index is 0.0105. The summed E-state index contributed by atoms with van der Waals surface area (Å²) >= 11 is 0. The number of nitrogens with one attached hydrogen (secondary N) is 1. The molecule has 4 heteroatoms. The molecule has 0 spiro atoms. The molecule has 4 atom stereocenters. The first kappa shape index (κ1) is 25.4. The molecule has 0 aliphatic heterocycles. The Balaban J connectivity index is 1.94. The lowest BCUT2D eigenvalue weighted by Crippen LogP contribution is -2.75. The third-order valence-electron chi connectivity index (χ3n) is 7.25. The van der Waals surface area contributed by atoms with Crippen molar-refractivity contribution in [2.24, 2.45) is 11.8 Å². The third kappa shape index (κ3) is 5.25. The topological polar surface area (TPSA) is 21.3 Å². The molecule has 2 aromatic carbocycles. The van der Waals surface area contributed by atoms with E-state index in [9.17, 15) is 0 Å². The van der Waals surface area contributed by atoms with Crippen molar-refractivity contribution >= 4 is 26.9 Å². The van der Waals surface area contributed by atoms with Crippen molar-refractivity contribution in [1.29, 1.82) is 0 Å². The first-order valence-electron chi connectivity index (χ1n) is 12.9. The van der Waals surface area contributed by atoms with Gasteiger partial charge >= 0.3 is 0 Å². The molecule has 0 amide bonds. The van der Waals surface area contributed by atoms with Gasteiger partial charge < -0.3 is 9.41 Å². The molecule has 0 saturated heterocycles. The summed E-state index contributed by atoms with van der Waals surface area (Å²) in [6.45, 7) is 18.4. The average molecular weight is 490 g/mol. The van der Waals surface area contributed by atoms with E-state index < -0.39 is 16.6 Å². The van der Waals surface area contributed by atoms with Gasteiger partial charge in [0.25, 0.3) is 0 Å². The summed E-state index contributed by atoms with van der Waals surface area (Å²) in [6.07, 6.45) is 10.8. The molecule has 0 heterocycles. The molecule has 1 fully saturated rings. The van der Waals surface area contributed by atoms with Gasteiger partial charge in [0, 0.05) is 11.5 Å². The second-order valence-electron chi connectivity index (χ2n) is 12.5. The Hall–Kier alpha value is -1.73. The minimum atomic E-state index is -2.42. The Labute approximate surface area is 209 Å². The Bertz CT molecular complexity index is 996. The van der Waals surface area contributed by atoms with E-state index in [4.69, 9.17) is 4.43 Å². The van der Waals surface area contributed by atoms with Gasteiger partial charge in [-0.25, -0.2) is 0 Å². The lowest BCUT2D eigenvalue weighted by molar-refractivity contribution is 0.165. The summed E-state index contributed by atoms with van der Waals surface area (Å²) in [5.41, 5.74) is 3.13. The molecule has 4 rings (SSSR count).